The number of aliphatic hydroxyl groups excluding tert-OH is 1. The van der Waals surface area contributed by atoms with Crippen molar-refractivity contribution in [3.8, 4) is 5.75 Å². The molecule has 0 aromatic heterocycles. The fraction of sp³-hybridized carbons (Fsp3) is 0.571. The van der Waals surface area contributed by atoms with Crippen LogP contribution in [0.3, 0.4) is 0 Å². The highest BCUT2D eigenvalue weighted by Crippen LogP contribution is 2.26. The lowest BCUT2D eigenvalue weighted by molar-refractivity contribution is 0.0980. The van der Waals surface area contributed by atoms with Crippen molar-refractivity contribution in [1.82, 2.24) is 0 Å². The average molecular weight is 238 g/mol. The van der Waals surface area contributed by atoms with Gasteiger partial charge in [-0.05, 0) is 18.9 Å². The summed E-state index contributed by atoms with van der Waals surface area (Å²) in [5, 5.41) is 9.84. The maximum atomic E-state index is 9.84. The molecule has 0 radical (unpaired) electrons. The summed E-state index contributed by atoms with van der Waals surface area (Å²) in [6, 6.07) is 7.60. The lowest BCUT2D eigenvalue weighted by atomic mass is 10.1. The highest BCUT2D eigenvalue weighted by atomic mass is 16.5. The fourth-order valence-electron chi connectivity index (χ4n) is 1.56. The van der Waals surface area contributed by atoms with Crippen molar-refractivity contribution in [2.24, 2.45) is 0 Å². The first kappa shape index (κ1) is 14.0. The van der Waals surface area contributed by atoms with Crippen LogP contribution in [0.15, 0.2) is 24.3 Å². The lowest BCUT2D eigenvalue weighted by Crippen LogP contribution is -2.09. The zero-order valence-corrected chi connectivity index (χ0v) is 10.7. The number of hydrogen-bond acceptors (Lipinski definition) is 3. The molecule has 0 saturated heterocycles. The van der Waals surface area contributed by atoms with E-state index in [1.54, 1.807) is 0 Å². The minimum absolute atomic E-state index is 0.456. The van der Waals surface area contributed by atoms with Crippen LogP contribution >= 0.6 is 0 Å². The highest BCUT2D eigenvalue weighted by molar-refractivity contribution is 5.34. The Kier molecular flexibility index (Phi) is 6.67. The number of benzene rings is 1. The molecule has 1 unspecified atom stereocenters. The van der Waals surface area contributed by atoms with Crippen LogP contribution in [0.5, 0.6) is 5.75 Å². The van der Waals surface area contributed by atoms with Crippen LogP contribution in [0.25, 0.3) is 0 Å². The molecular formula is C14H22O3. The van der Waals surface area contributed by atoms with Crippen LogP contribution in [0.4, 0.5) is 0 Å². The van der Waals surface area contributed by atoms with Crippen LogP contribution in [-0.2, 0) is 4.74 Å². The molecule has 3 nitrogen and oxygen atoms in total. The van der Waals surface area contributed by atoms with Gasteiger partial charge in [-0.15, -0.1) is 0 Å². The number of para-hydroxylation sites is 1. The molecule has 1 aromatic rings. The molecule has 0 amide bonds. The molecule has 0 aliphatic heterocycles. The Morgan fingerprint density at radius 2 is 1.88 bits per heavy atom. The third-order valence-corrected chi connectivity index (χ3v) is 2.50. The van der Waals surface area contributed by atoms with Gasteiger partial charge in [0.25, 0.3) is 0 Å². The standard InChI is InChI=1S/C14H22O3/c1-3-9-16-10-11-17-14-8-6-5-7-12(14)13(15)4-2/h5-8,13,15H,3-4,9-11H2,1-2H3. The van der Waals surface area contributed by atoms with Gasteiger partial charge < -0.3 is 14.6 Å². The third kappa shape index (κ3) is 4.75. The van der Waals surface area contributed by atoms with Gasteiger partial charge in [0.1, 0.15) is 12.4 Å². The van der Waals surface area contributed by atoms with E-state index in [-0.39, 0.29) is 0 Å². The van der Waals surface area contributed by atoms with Gasteiger partial charge in [-0.1, -0.05) is 32.0 Å². The van der Waals surface area contributed by atoms with Crippen molar-refractivity contribution >= 4 is 0 Å². The van der Waals surface area contributed by atoms with Crippen LogP contribution in [0.1, 0.15) is 38.4 Å². The molecule has 1 N–H and O–H groups in total. The normalized spacial score (nSPS) is 12.4. The van der Waals surface area contributed by atoms with E-state index in [1.807, 2.05) is 31.2 Å². The molecule has 1 atom stereocenters. The average Bonchev–Trinajstić information content (AvgIpc) is 2.38. The van der Waals surface area contributed by atoms with Crippen molar-refractivity contribution in [3.63, 3.8) is 0 Å². The topological polar surface area (TPSA) is 38.7 Å². The zero-order valence-electron chi connectivity index (χ0n) is 10.7. The summed E-state index contributed by atoms with van der Waals surface area (Å²) in [4.78, 5) is 0. The molecule has 1 aromatic carbocycles. The first-order chi connectivity index (χ1) is 8.29. The Hall–Kier alpha value is -1.06. The van der Waals surface area contributed by atoms with E-state index in [1.165, 1.54) is 0 Å². The Balaban J connectivity index is 2.46. The predicted molar refractivity (Wildman–Crippen MR) is 68.3 cm³/mol. The molecule has 0 saturated carbocycles. The summed E-state index contributed by atoms with van der Waals surface area (Å²) >= 11 is 0. The molecule has 0 fully saturated rings. The molecule has 0 aliphatic carbocycles. The molecule has 96 valence electrons. The SMILES string of the molecule is CCCOCCOc1ccccc1C(O)CC. The summed E-state index contributed by atoms with van der Waals surface area (Å²) in [6.45, 7) is 5.90. The molecule has 0 bridgehead atoms. The molecule has 0 aliphatic rings. The second kappa shape index (κ2) is 8.09. The van der Waals surface area contributed by atoms with Gasteiger partial charge in [-0.3, -0.25) is 0 Å². The maximum Gasteiger partial charge on any atom is 0.125 e. The summed E-state index contributed by atoms with van der Waals surface area (Å²) in [6.07, 6.45) is 1.25. The molecule has 0 spiro atoms. The number of aliphatic hydroxyl groups is 1. The molecule has 17 heavy (non-hydrogen) atoms. The van der Waals surface area contributed by atoms with Crippen molar-refractivity contribution < 1.29 is 14.6 Å². The number of rotatable bonds is 8. The first-order valence-corrected chi connectivity index (χ1v) is 6.27. The van der Waals surface area contributed by atoms with Gasteiger partial charge in [0, 0.05) is 12.2 Å². The van der Waals surface area contributed by atoms with Gasteiger partial charge in [-0.2, -0.15) is 0 Å². The quantitative estimate of drug-likeness (QED) is 0.708. The van der Waals surface area contributed by atoms with Gasteiger partial charge in [0.2, 0.25) is 0 Å². The largest absolute Gasteiger partial charge is 0.491 e. The second-order valence-electron chi connectivity index (χ2n) is 3.92. The zero-order chi connectivity index (χ0) is 12.5. The minimum Gasteiger partial charge on any atom is -0.491 e. The summed E-state index contributed by atoms with van der Waals surface area (Å²) in [5.41, 5.74) is 0.852. The van der Waals surface area contributed by atoms with E-state index >= 15 is 0 Å². The summed E-state index contributed by atoms with van der Waals surface area (Å²) in [5.74, 6) is 0.752. The Labute approximate surface area is 103 Å². The lowest BCUT2D eigenvalue weighted by Gasteiger charge is -2.14. The van der Waals surface area contributed by atoms with Crippen LogP contribution in [-0.4, -0.2) is 24.9 Å². The van der Waals surface area contributed by atoms with Crippen molar-refractivity contribution in [1.29, 1.82) is 0 Å². The monoisotopic (exact) mass is 238 g/mol. The first-order valence-electron chi connectivity index (χ1n) is 6.27. The van der Waals surface area contributed by atoms with Crippen molar-refractivity contribution in [3.05, 3.63) is 29.8 Å². The van der Waals surface area contributed by atoms with Crippen LogP contribution < -0.4 is 4.74 Å². The second-order valence-corrected chi connectivity index (χ2v) is 3.92. The molecular weight excluding hydrogens is 216 g/mol. The fourth-order valence-corrected chi connectivity index (χ4v) is 1.56. The van der Waals surface area contributed by atoms with Crippen molar-refractivity contribution in [2.45, 2.75) is 32.8 Å². The highest BCUT2D eigenvalue weighted by Gasteiger charge is 2.10. The molecule has 3 heteroatoms. The van der Waals surface area contributed by atoms with E-state index < -0.39 is 6.10 Å². The van der Waals surface area contributed by atoms with Gasteiger partial charge in [0.05, 0.1) is 12.7 Å². The Bertz CT molecular complexity index is 312. The molecule has 0 heterocycles. The predicted octanol–water partition coefficient (Wildman–Crippen LogP) is 2.94. The smallest absolute Gasteiger partial charge is 0.125 e. The third-order valence-electron chi connectivity index (χ3n) is 2.50. The minimum atomic E-state index is -0.456. The van der Waals surface area contributed by atoms with E-state index in [9.17, 15) is 5.11 Å². The van der Waals surface area contributed by atoms with Crippen molar-refractivity contribution in [2.75, 3.05) is 19.8 Å². The summed E-state index contributed by atoms with van der Waals surface area (Å²) in [7, 11) is 0. The van der Waals surface area contributed by atoms with Gasteiger partial charge in [-0.25, -0.2) is 0 Å². The van der Waals surface area contributed by atoms with E-state index in [4.69, 9.17) is 9.47 Å². The maximum absolute atomic E-state index is 9.84. The number of ether oxygens (including phenoxy) is 2. The molecule has 1 rings (SSSR count). The summed E-state index contributed by atoms with van der Waals surface area (Å²) < 4.78 is 11.0. The van der Waals surface area contributed by atoms with Gasteiger partial charge >= 0.3 is 0 Å². The van der Waals surface area contributed by atoms with Crippen LogP contribution in [0.2, 0.25) is 0 Å². The number of hydrogen-bond donors (Lipinski definition) is 1. The van der Waals surface area contributed by atoms with Gasteiger partial charge in [0.15, 0.2) is 0 Å². The Morgan fingerprint density at radius 1 is 1.12 bits per heavy atom. The Morgan fingerprint density at radius 3 is 2.59 bits per heavy atom. The van der Waals surface area contributed by atoms with Crippen LogP contribution in [0, 0.1) is 0 Å². The van der Waals surface area contributed by atoms with E-state index in [2.05, 4.69) is 6.92 Å². The van der Waals surface area contributed by atoms with E-state index in [0.29, 0.717) is 19.6 Å². The van der Waals surface area contributed by atoms with E-state index in [0.717, 1.165) is 24.3 Å².